The van der Waals surface area contributed by atoms with Crippen molar-refractivity contribution in [1.29, 1.82) is 0 Å². The van der Waals surface area contributed by atoms with Gasteiger partial charge in [-0.05, 0) is 18.6 Å². The van der Waals surface area contributed by atoms with Crippen LogP contribution in [0, 0.1) is 5.41 Å². The van der Waals surface area contributed by atoms with Crippen LogP contribution in [0.2, 0.25) is 5.02 Å². The highest BCUT2D eigenvalue weighted by Gasteiger charge is 2.41. The first kappa shape index (κ1) is 16.5. The summed E-state index contributed by atoms with van der Waals surface area (Å²) in [7, 11) is 0. The second-order valence-corrected chi connectivity index (χ2v) is 7.34. The van der Waals surface area contributed by atoms with E-state index in [2.05, 4.69) is 23.4 Å². The molecular formula is C18H23ClN2O2. The molecule has 4 nitrogen and oxygen atoms in total. The predicted octanol–water partition coefficient (Wildman–Crippen LogP) is 4.24. The minimum atomic E-state index is -0.680. The summed E-state index contributed by atoms with van der Waals surface area (Å²) in [6, 6.07) is 7.78. The molecule has 1 aliphatic rings. The number of ether oxygens (including phenoxy) is 2. The molecule has 0 unspecified atom stereocenters. The monoisotopic (exact) mass is 334 g/mol. The van der Waals surface area contributed by atoms with E-state index in [0.717, 1.165) is 30.0 Å². The standard InChI is InChI=1S/C18H23ClN2O2/c1-17(2)12-22-18(23-13-17,15-4-6-16(19)7-5-15)8-3-10-21-11-9-20-14-21/h4-7,9,11,14H,3,8,10,12-13H2,1-2H3. The van der Waals surface area contributed by atoms with E-state index < -0.39 is 5.79 Å². The molecule has 2 aromatic rings. The van der Waals surface area contributed by atoms with Crippen LogP contribution in [0.1, 0.15) is 32.3 Å². The first-order chi connectivity index (χ1) is 11.0. The number of benzene rings is 1. The Morgan fingerprint density at radius 1 is 1.17 bits per heavy atom. The predicted molar refractivity (Wildman–Crippen MR) is 90.3 cm³/mol. The summed E-state index contributed by atoms with van der Waals surface area (Å²) in [4.78, 5) is 4.08. The summed E-state index contributed by atoms with van der Waals surface area (Å²) in [5.74, 6) is -0.680. The van der Waals surface area contributed by atoms with Crippen molar-refractivity contribution in [2.75, 3.05) is 13.2 Å². The van der Waals surface area contributed by atoms with Gasteiger partial charge in [0.05, 0.1) is 19.5 Å². The van der Waals surface area contributed by atoms with Gasteiger partial charge in [-0.15, -0.1) is 0 Å². The Morgan fingerprint density at radius 3 is 2.48 bits per heavy atom. The van der Waals surface area contributed by atoms with E-state index in [1.165, 1.54) is 0 Å². The van der Waals surface area contributed by atoms with Crippen LogP contribution < -0.4 is 0 Å². The molecule has 1 aliphatic heterocycles. The van der Waals surface area contributed by atoms with Crippen molar-refractivity contribution >= 4 is 11.6 Å². The number of aromatic nitrogens is 2. The Labute approximate surface area is 142 Å². The van der Waals surface area contributed by atoms with Crippen molar-refractivity contribution in [2.45, 2.75) is 39.0 Å². The summed E-state index contributed by atoms with van der Waals surface area (Å²) in [6.45, 7) is 6.57. The Kier molecular flexibility index (Phi) is 4.76. The molecule has 5 heteroatoms. The number of halogens is 1. The summed E-state index contributed by atoms with van der Waals surface area (Å²) >= 11 is 6.02. The maximum atomic E-state index is 6.24. The van der Waals surface area contributed by atoms with Crippen LogP contribution >= 0.6 is 11.6 Å². The fourth-order valence-electron chi connectivity index (χ4n) is 2.78. The third-order valence-electron chi connectivity index (χ3n) is 4.16. The number of hydrogen-bond donors (Lipinski definition) is 0. The van der Waals surface area contributed by atoms with Crippen LogP contribution in [0.3, 0.4) is 0 Å². The van der Waals surface area contributed by atoms with Crippen molar-refractivity contribution in [3.8, 4) is 0 Å². The fraction of sp³-hybridized carbons (Fsp3) is 0.500. The molecule has 0 aliphatic carbocycles. The van der Waals surface area contributed by atoms with Crippen LogP contribution in [-0.2, 0) is 21.8 Å². The maximum absolute atomic E-state index is 6.24. The number of hydrogen-bond acceptors (Lipinski definition) is 3. The van der Waals surface area contributed by atoms with Gasteiger partial charge in [-0.3, -0.25) is 0 Å². The summed E-state index contributed by atoms with van der Waals surface area (Å²) in [6.07, 6.45) is 7.34. The van der Waals surface area contributed by atoms with E-state index in [1.54, 1.807) is 6.20 Å². The zero-order valence-electron chi connectivity index (χ0n) is 13.7. The van der Waals surface area contributed by atoms with Crippen LogP contribution in [0.15, 0.2) is 43.0 Å². The third kappa shape index (κ3) is 3.94. The molecule has 0 spiro atoms. The van der Waals surface area contributed by atoms with Crippen molar-refractivity contribution in [3.63, 3.8) is 0 Å². The van der Waals surface area contributed by atoms with E-state index in [9.17, 15) is 0 Å². The lowest BCUT2D eigenvalue weighted by Crippen LogP contribution is -2.45. The van der Waals surface area contributed by atoms with Gasteiger partial charge in [0.15, 0.2) is 5.79 Å². The lowest BCUT2D eigenvalue weighted by atomic mass is 9.92. The lowest BCUT2D eigenvalue weighted by Gasteiger charge is -2.44. The molecule has 1 aromatic carbocycles. The Balaban J connectivity index is 1.74. The molecule has 1 fully saturated rings. The van der Waals surface area contributed by atoms with Crippen LogP contribution in [0.5, 0.6) is 0 Å². The SMILES string of the molecule is CC1(C)COC(CCCn2ccnc2)(c2ccc(Cl)cc2)OC1. The van der Waals surface area contributed by atoms with Crippen molar-refractivity contribution in [2.24, 2.45) is 5.41 Å². The molecule has 0 bridgehead atoms. The summed E-state index contributed by atoms with van der Waals surface area (Å²) in [5.41, 5.74) is 1.07. The molecule has 0 amide bonds. The van der Waals surface area contributed by atoms with E-state index in [0.29, 0.717) is 13.2 Å². The van der Waals surface area contributed by atoms with Crippen LogP contribution in [0.25, 0.3) is 0 Å². The van der Waals surface area contributed by atoms with Gasteiger partial charge in [0, 0.05) is 41.4 Å². The van der Waals surface area contributed by atoms with E-state index in [-0.39, 0.29) is 5.41 Å². The summed E-state index contributed by atoms with van der Waals surface area (Å²) in [5, 5.41) is 0.721. The van der Waals surface area contributed by atoms with Gasteiger partial charge in [0.1, 0.15) is 0 Å². The van der Waals surface area contributed by atoms with Crippen molar-refractivity contribution in [3.05, 3.63) is 53.6 Å². The quantitative estimate of drug-likeness (QED) is 0.820. The molecule has 23 heavy (non-hydrogen) atoms. The zero-order chi connectivity index (χ0) is 16.3. The second kappa shape index (κ2) is 6.63. The molecule has 1 aromatic heterocycles. The topological polar surface area (TPSA) is 36.3 Å². The average molecular weight is 335 g/mol. The van der Waals surface area contributed by atoms with Gasteiger partial charge in [-0.2, -0.15) is 0 Å². The number of nitrogens with zero attached hydrogens (tertiary/aromatic N) is 2. The molecule has 124 valence electrons. The number of imidazole rings is 1. The Morgan fingerprint density at radius 2 is 1.87 bits per heavy atom. The van der Waals surface area contributed by atoms with E-state index in [4.69, 9.17) is 21.1 Å². The zero-order valence-corrected chi connectivity index (χ0v) is 14.4. The second-order valence-electron chi connectivity index (χ2n) is 6.91. The highest BCUT2D eigenvalue weighted by atomic mass is 35.5. The van der Waals surface area contributed by atoms with Gasteiger partial charge in [0.25, 0.3) is 0 Å². The molecular weight excluding hydrogens is 312 g/mol. The third-order valence-corrected chi connectivity index (χ3v) is 4.41. The van der Waals surface area contributed by atoms with E-state index in [1.807, 2.05) is 36.8 Å². The lowest BCUT2D eigenvalue weighted by molar-refractivity contribution is -0.311. The van der Waals surface area contributed by atoms with Crippen molar-refractivity contribution in [1.82, 2.24) is 9.55 Å². The highest BCUT2D eigenvalue weighted by Crippen LogP contribution is 2.40. The molecule has 1 saturated heterocycles. The molecule has 0 N–H and O–H groups in total. The molecule has 0 atom stereocenters. The minimum absolute atomic E-state index is 0.0419. The molecule has 0 saturated carbocycles. The Hall–Kier alpha value is -1.36. The van der Waals surface area contributed by atoms with Crippen LogP contribution in [-0.4, -0.2) is 22.8 Å². The fourth-order valence-corrected chi connectivity index (χ4v) is 2.91. The maximum Gasteiger partial charge on any atom is 0.194 e. The first-order valence-electron chi connectivity index (χ1n) is 7.99. The van der Waals surface area contributed by atoms with Gasteiger partial charge in [-0.1, -0.05) is 37.6 Å². The molecule has 2 heterocycles. The highest BCUT2D eigenvalue weighted by molar-refractivity contribution is 6.30. The smallest absolute Gasteiger partial charge is 0.194 e. The van der Waals surface area contributed by atoms with Gasteiger partial charge >= 0.3 is 0 Å². The molecule has 0 radical (unpaired) electrons. The average Bonchev–Trinajstić information content (AvgIpc) is 3.03. The number of aryl methyl sites for hydroxylation is 1. The normalized spacial score (nSPS) is 19.6. The van der Waals surface area contributed by atoms with Gasteiger partial charge in [-0.25, -0.2) is 4.98 Å². The minimum Gasteiger partial charge on any atom is -0.345 e. The van der Waals surface area contributed by atoms with E-state index >= 15 is 0 Å². The largest absolute Gasteiger partial charge is 0.345 e. The molecule has 3 rings (SSSR count). The summed E-state index contributed by atoms with van der Waals surface area (Å²) < 4.78 is 14.5. The van der Waals surface area contributed by atoms with Crippen molar-refractivity contribution < 1.29 is 9.47 Å². The Bertz CT molecular complexity index is 613. The first-order valence-corrected chi connectivity index (χ1v) is 8.37. The van der Waals surface area contributed by atoms with Gasteiger partial charge < -0.3 is 14.0 Å². The van der Waals surface area contributed by atoms with Gasteiger partial charge in [0.2, 0.25) is 0 Å². The number of rotatable bonds is 5. The van der Waals surface area contributed by atoms with Crippen LogP contribution in [0.4, 0.5) is 0 Å².